The van der Waals surface area contributed by atoms with Gasteiger partial charge in [0.15, 0.2) is 5.65 Å². The minimum Gasteiger partial charge on any atom is -0.500 e. The number of aromatic nitrogens is 3. The van der Waals surface area contributed by atoms with Crippen LogP contribution in [0.2, 0.25) is 0 Å². The maximum absolute atomic E-state index is 14.1. The molecule has 0 saturated heterocycles. The van der Waals surface area contributed by atoms with Gasteiger partial charge in [0.25, 0.3) is 0 Å². The van der Waals surface area contributed by atoms with Crippen molar-refractivity contribution in [2.24, 2.45) is 5.41 Å². The van der Waals surface area contributed by atoms with Gasteiger partial charge in [-0.2, -0.15) is 18.2 Å². The third-order valence-electron chi connectivity index (χ3n) is 5.74. The number of allylic oxidation sites excluding steroid dienone is 3. The first-order chi connectivity index (χ1) is 17.4. The van der Waals surface area contributed by atoms with Crippen LogP contribution in [-0.2, 0) is 16.0 Å². The number of ketones is 1. The van der Waals surface area contributed by atoms with Gasteiger partial charge in [-0.1, -0.05) is 24.3 Å². The average Bonchev–Trinajstić information content (AvgIpc) is 3.65. The second-order valence-corrected chi connectivity index (χ2v) is 8.78. The van der Waals surface area contributed by atoms with Crippen LogP contribution < -0.4 is 4.74 Å². The summed E-state index contributed by atoms with van der Waals surface area (Å²) in [5.41, 5.74) is 1.40. The fourth-order valence-electron chi connectivity index (χ4n) is 3.67. The number of halogens is 4. The fourth-order valence-corrected chi connectivity index (χ4v) is 3.67. The maximum Gasteiger partial charge on any atom is 0.401 e. The molecule has 1 aliphatic carbocycles. The van der Waals surface area contributed by atoms with Crippen LogP contribution in [-0.4, -0.2) is 41.1 Å². The maximum atomic E-state index is 14.1. The smallest absolute Gasteiger partial charge is 0.401 e. The minimum absolute atomic E-state index is 0.0162. The lowest BCUT2D eigenvalue weighted by atomic mass is 10.0. The number of nitrogens with zero attached hydrogens (tertiary/aromatic N) is 3. The lowest BCUT2D eigenvalue weighted by Crippen LogP contribution is -2.27. The summed E-state index contributed by atoms with van der Waals surface area (Å²) in [5, 5.41) is 0. The zero-order valence-corrected chi connectivity index (χ0v) is 20.9. The summed E-state index contributed by atoms with van der Waals surface area (Å²) >= 11 is 0. The molecule has 0 unspecified atom stereocenters. The Morgan fingerprint density at radius 2 is 1.84 bits per heavy atom. The normalized spacial score (nSPS) is 14.4. The largest absolute Gasteiger partial charge is 0.500 e. The molecule has 2 heterocycles. The number of hydrogen-bond donors (Lipinski definition) is 0. The van der Waals surface area contributed by atoms with Crippen LogP contribution in [0, 0.1) is 11.2 Å². The Hall–Kier alpha value is -3.82. The molecule has 1 saturated carbocycles. The van der Waals surface area contributed by atoms with Gasteiger partial charge in [0.2, 0.25) is 5.88 Å². The van der Waals surface area contributed by atoms with Crippen LogP contribution in [0.15, 0.2) is 60.5 Å². The summed E-state index contributed by atoms with van der Waals surface area (Å²) in [6.07, 6.45) is -1.01. The first kappa shape index (κ1) is 27.8. The van der Waals surface area contributed by atoms with Crippen LogP contribution in [0.25, 0.3) is 22.4 Å². The van der Waals surface area contributed by atoms with E-state index in [-0.39, 0.29) is 30.8 Å². The Bertz CT molecular complexity index is 1350. The Balaban J connectivity index is 0.000000233. The van der Waals surface area contributed by atoms with E-state index in [0.29, 0.717) is 39.4 Å². The first-order valence-electron chi connectivity index (χ1n) is 11.3. The van der Waals surface area contributed by atoms with E-state index in [1.807, 2.05) is 0 Å². The van der Waals surface area contributed by atoms with Crippen molar-refractivity contribution in [1.29, 1.82) is 0 Å². The van der Waals surface area contributed by atoms with Crippen LogP contribution >= 0.6 is 0 Å². The van der Waals surface area contributed by atoms with Gasteiger partial charge in [0.1, 0.15) is 28.3 Å². The molecular formula is C27H27F4N3O3. The number of alkyl halides is 3. The quantitative estimate of drug-likeness (QED) is 0.205. The molecule has 10 heteroatoms. The summed E-state index contributed by atoms with van der Waals surface area (Å²) in [5.74, 6) is -0.0636. The Morgan fingerprint density at radius 1 is 1.14 bits per heavy atom. The van der Waals surface area contributed by atoms with E-state index in [1.54, 1.807) is 31.2 Å². The van der Waals surface area contributed by atoms with Crippen LogP contribution in [0.1, 0.15) is 32.3 Å². The highest BCUT2D eigenvalue weighted by atomic mass is 19.4. The standard InChI is InChI=1S/C17H14FN3O2.C10H13F3O/c1-10(22)7-11-3-4-12(8-13(11)18)15-9-19-17-14(20-15)5-6-16(21-17)23-2;1-7(2)6-8(14-3)9(4-5-9)10(11,12)13/h3-6,8-9H,7H2,1-2H3;6H,1,4-5H2,2-3H3/b;8-6-. The molecule has 4 rings (SSSR count). The van der Waals surface area contributed by atoms with E-state index >= 15 is 0 Å². The minimum atomic E-state index is -4.22. The van der Waals surface area contributed by atoms with Gasteiger partial charge >= 0.3 is 6.18 Å². The Kier molecular flexibility index (Phi) is 8.30. The second-order valence-electron chi connectivity index (χ2n) is 8.78. The molecule has 2 aromatic heterocycles. The van der Waals surface area contributed by atoms with E-state index < -0.39 is 17.4 Å². The van der Waals surface area contributed by atoms with E-state index in [4.69, 9.17) is 9.47 Å². The van der Waals surface area contributed by atoms with Crippen LogP contribution in [0.4, 0.5) is 17.6 Å². The van der Waals surface area contributed by atoms with Gasteiger partial charge in [-0.15, -0.1) is 0 Å². The van der Waals surface area contributed by atoms with E-state index in [1.165, 1.54) is 39.5 Å². The summed E-state index contributed by atoms with van der Waals surface area (Å²) in [7, 11) is 2.79. The fraction of sp³-hybridized carbons (Fsp3) is 0.333. The van der Waals surface area contributed by atoms with Crippen LogP contribution in [0.5, 0.6) is 5.88 Å². The number of hydrogen-bond acceptors (Lipinski definition) is 6. The predicted molar refractivity (Wildman–Crippen MR) is 131 cm³/mol. The van der Waals surface area contributed by atoms with Crippen molar-refractivity contribution in [2.75, 3.05) is 14.2 Å². The lowest BCUT2D eigenvalue weighted by molar-refractivity contribution is -0.184. The van der Waals surface area contributed by atoms with E-state index in [2.05, 4.69) is 21.5 Å². The number of pyridine rings is 1. The summed E-state index contributed by atoms with van der Waals surface area (Å²) < 4.78 is 61.8. The van der Waals surface area contributed by atoms with Crippen LogP contribution in [0.3, 0.4) is 0 Å². The topological polar surface area (TPSA) is 74.2 Å². The lowest BCUT2D eigenvalue weighted by Gasteiger charge is -2.21. The van der Waals surface area contributed by atoms with Gasteiger partial charge in [-0.3, -0.25) is 4.79 Å². The summed E-state index contributed by atoms with van der Waals surface area (Å²) in [6, 6.07) is 8.14. The molecule has 0 N–H and O–H groups in total. The molecule has 0 radical (unpaired) electrons. The summed E-state index contributed by atoms with van der Waals surface area (Å²) in [4.78, 5) is 24.0. The molecule has 0 atom stereocenters. The number of carbonyl (C=O) groups excluding carboxylic acids is 1. The zero-order valence-electron chi connectivity index (χ0n) is 20.9. The van der Waals surface area contributed by atoms with Gasteiger partial charge in [0, 0.05) is 18.1 Å². The molecule has 37 heavy (non-hydrogen) atoms. The molecule has 1 aliphatic rings. The number of ether oxygens (including phenoxy) is 2. The van der Waals surface area contributed by atoms with Gasteiger partial charge in [-0.25, -0.2) is 14.4 Å². The zero-order chi connectivity index (χ0) is 27.4. The number of rotatable bonds is 7. The highest BCUT2D eigenvalue weighted by molar-refractivity contribution is 5.79. The van der Waals surface area contributed by atoms with E-state index in [0.717, 1.165) is 0 Å². The molecule has 3 aromatic rings. The molecular weight excluding hydrogens is 490 g/mol. The third kappa shape index (κ3) is 6.49. The van der Waals surface area contributed by atoms with Gasteiger partial charge in [0.05, 0.1) is 26.1 Å². The van der Waals surface area contributed by atoms with Gasteiger partial charge < -0.3 is 9.47 Å². The van der Waals surface area contributed by atoms with Crippen molar-refractivity contribution in [2.45, 2.75) is 39.3 Å². The van der Waals surface area contributed by atoms with Crippen molar-refractivity contribution in [3.8, 4) is 17.1 Å². The van der Waals surface area contributed by atoms with Gasteiger partial charge in [-0.05, 0) is 50.5 Å². The van der Waals surface area contributed by atoms with Crippen molar-refractivity contribution >= 4 is 16.9 Å². The second kappa shape index (κ2) is 11.1. The molecule has 0 amide bonds. The molecule has 1 fully saturated rings. The number of carbonyl (C=O) groups is 1. The number of methoxy groups -OCH3 is 2. The molecule has 6 nitrogen and oxygen atoms in total. The third-order valence-corrected chi connectivity index (χ3v) is 5.74. The molecule has 1 aromatic carbocycles. The van der Waals surface area contributed by atoms with Crippen molar-refractivity contribution in [3.05, 3.63) is 71.9 Å². The highest BCUT2D eigenvalue weighted by Crippen LogP contribution is 2.62. The number of Topliss-reactive ketones (excluding diaryl/α,β-unsaturated/α-hetero) is 1. The number of benzene rings is 1. The summed E-state index contributed by atoms with van der Waals surface area (Å²) in [6.45, 7) is 6.62. The van der Waals surface area contributed by atoms with Crippen molar-refractivity contribution < 1.29 is 31.8 Å². The SMILES string of the molecule is C=C(C)/C=C(\OC)C1(C(F)(F)F)CC1.COc1ccc2nc(-c3ccc(CC(C)=O)c(F)c3)cnc2n1. The average molecular weight is 518 g/mol. The number of fused-ring (bicyclic) bond motifs is 1. The Labute approximate surface area is 212 Å². The Morgan fingerprint density at radius 3 is 2.35 bits per heavy atom. The highest BCUT2D eigenvalue weighted by Gasteiger charge is 2.66. The van der Waals surface area contributed by atoms with E-state index in [9.17, 15) is 22.4 Å². The molecule has 0 spiro atoms. The molecule has 0 bridgehead atoms. The monoisotopic (exact) mass is 517 g/mol. The molecule has 0 aliphatic heterocycles. The first-order valence-corrected chi connectivity index (χ1v) is 11.3. The predicted octanol–water partition coefficient (Wildman–Crippen LogP) is 6.41. The van der Waals surface area contributed by atoms with Crippen molar-refractivity contribution in [3.63, 3.8) is 0 Å². The van der Waals surface area contributed by atoms with Crippen molar-refractivity contribution in [1.82, 2.24) is 15.0 Å². The molecule has 196 valence electrons.